The van der Waals surface area contributed by atoms with Crippen LogP contribution in [0, 0.1) is 3.57 Å². The van der Waals surface area contributed by atoms with Gasteiger partial charge in [-0.1, -0.05) is 6.07 Å². The molecule has 0 aliphatic carbocycles. The molecule has 0 saturated carbocycles. The predicted molar refractivity (Wildman–Crippen MR) is 103 cm³/mol. The third kappa shape index (κ3) is 3.04. The number of ether oxygens (including phenoxy) is 1. The van der Waals surface area contributed by atoms with Crippen LogP contribution in [0.1, 0.15) is 18.7 Å². The first-order valence-corrected chi connectivity index (χ1v) is 9.29. The normalized spacial score (nSPS) is 25.7. The van der Waals surface area contributed by atoms with E-state index in [-0.39, 0.29) is 0 Å². The van der Waals surface area contributed by atoms with Gasteiger partial charge in [0.2, 0.25) is 0 Å². The Morgan fingerprint density at radius 1 is 1.31 bits per heavy atom. The van der Waals surface area contributed by atoms with Gasteiger partial charge in [-0.25, -0.2) is 9.97 Å². The molecule has 0 unspecified atom stereocenters. The van der Waals surface area contributed by atoms with Crippen molar-refractivity contribution in [3.8, 4) is 0 Å². The van der Waals surface area contributed by atoms with Crippen molar-refractivity contribution in [3.05, 3.63) is 46.2 Å². The molecular formula is C17H18IN5O3. The van der Waals surface area contributed by atoms with Gasteiger partial charge in [-0.3, -0.25) is 4.98 Å². The van der Waals surface area contributed by atoms with Gasteiger partial charge >= 0.3 is 0 Å². The van der Waals surface area contributed by atoms with Gasteiger partial charge < -0.3 is 24.8 Å². The second kappa shape index (κ2) is 7.06. The van der Waals surface area contributed by atoms with E-state index in [0.717, 1.165) is 14.5 Å². The molecule has 4 rings (SSSR count). The van der Waals surface area contributed by atoms with Crippen molar-refractivity contribution in [1.29, 1.82) is 0 Å². The van der Waals surface area contributed by atoms with Crippen molar-refractivity contribution in [2.75, 3.05) is 5.32 Å². The topological polar surface area (TPSA) is 105 Å². The molecule has 0 amide bonds. The fraction of sp³-hybridized carbons (Fsp3) is 0.353. The highest BCUT2D eigenvalue weighted by Crippen LogP contribution is 2.35. The zero-order valence-corrected chi connectivity index (χ0v) is 16.1. The Balaban J connectivity index is 1.68. The van der Waals surface area contributed by atoms with E-state index in [1.165, 1.54) is 6.33 Å². The average molecular weight is 467 g/mol. The third-order valence-corrected chi connectivity index (χ3v) is 5.32. The number of hydrogen-bond acceptors (Lipinski definition) is 7. The lowest BCUT2D eigenvalue weighted by atomic mass is 10.1. The Labute approximate surface area is 163 Å². The van der Waals surface area contributed by atoms with Crippen LogP contribution >= 0.6 is 22.6 Å². The molecule has 1 fully saturated rings. The molecule has 3 aromatic heterocycles. The predicted octanol–water partition coefficient (Wildman–Crippen LogP) is 1.68. The quantitative estimate of drug-likeness (QED) is 0.502. The van der Waals surface area contributed by atoms with Crippen LogP contribution in [0.4, 0.5) is 5.82 Å². The van der Waals surface area contributed by atoms with Crippen LogP contribution in [0.5, 0.6) is 0 Å². The van der Waals surface area contributed by atoms with Crippen LogP contribution in [0.25, 0.3) is 11.0 Å². The molecule has 3 N–H and O–H groups in total. The maximum atomic E-state index is 10.3. The van der Waals surface area contributed by atoms with E-state index >= 15 is 0 Å². The number of anilines is 1. The number of nitrogens with one attached hydrogen (secondary N) is 1. The van der Waals surface area contributed by atoms with Crippen molar-refractivity contribution >= 4 is 39.4 Å². The Kier molecular flexibility index (Phi) is 4.78. The fourth-order valence-corrected chi connectivity index (χ4v) is 3.91. The average Bonchev–Trinajstić information content (AvgIpc) is 3.13. The van der Waals surface area contributed by atoms with E-state index in [4.69, 9.17) is 4.74 Å². The van der Waals surface area contributed by atoms with Gasteiger partial charge in [-0.15, -0.1) is 0 Å². The second-order valence-electron chi connectivity index (χ2n) is 6.23. The second-order valence-corrected chi connectivity index (χ2v) is 7.40. The molecule has 1 saturated heterocycles. The number of aromatic nitrogens is 4. The fourth-order valence-electron chi connectivity index (χ4n) is 3.11. The first-order chi connectivity index (χ1) is 12.6. The summed E-state index contributed by atoms with van der Waals surface area (Å²) < 4.78 is 8.42. The molecule has 0 radical (unpaired) electrons. The van der Waals surface area contributed by atoms with Gasteiger partial charge in [0.25, 0.3) is 0 Å². The first-order valence-electron chi connectivity index (χ1n) is 8.21. The monoisotopic (exact) mass is 467 g/mol. The Bertz CT molecular complexity index is 919. The summed E-state index contributed by atoms with van der Waals surface area (Å²) in [7, 11) is 0. The molecule has 0 aromatic carbocycles. The smallest absolute Gasteiger partial charge is 0.164 e. The highest BCUT2D eigenvalue weighted by atomic mass is 127. The molecule has 9 heteroatoms. The summed E-state index contributed by atoms with van der Waals surface area (Å²) in [5, 5.41) is 24.5. The van der Waals surface area contributed by atoms with Crippen LogP contribution in [-0.4, -0.2) is 48.0 Å². The number of aliphatic hydroxyl groups excluding tert-OH is 2. The van der Waals surface area contributed by atoms with Crippen molar-refractivity contribution in [3.63, 3.8) is 0 Å². The van der Waals surface area contributed by atoms with Crippen LogP contribution < -0.4 is 5.32 Å². The minimum Gasteiger partial charge on any atom is -0.388 e. The lowest BCUT2D eigenvalue weighted by Gasteiger charge is -2.17. The largest absolute Gasteiger partial charge is 0.388 e. The van der Waals surface area contributed by atoms with Gasteiger partial charge in [-0.05, 0) is 41.1 Å². The Morgan fingerprint density at radius 2 is 2.15 bits per heavy atom. The molecule has 1 aliphatic heterocycles. The van der Waals surface area contributed by atoms with E-state index in [1.54, 1.807) is 23.9 Å². The number of fused-ring (bicyclic) bond motifs is 1. The van der Waals surface area contributed by atoms with E-state index in [9.17, 15) is 10.2 Å². The molecule has 4 heterocycles. The number of aliphatic hydroxyl groups is 2. The third-order valence-electron chi connectivity index (χ3n) is 4.50. The van der Waals surface area contributed by atoms with Gasteiger partial charge in [0.1, 0.15) is 30.0 Å². The number of rotatable bonds is 4. The SMILES string of the molecule is C[C@H]1O[C@@H](n2cc(I)c3c(NCc4cccnc4)ncnc32)[C@H](O)[C@@H]1O. The van der Waals surface area contributed by atoms with Gasteiger partial charge in [0.05, 0.1) is 11.5 Å². The molecule has 0 bridgehead atoms. The van der Waals surface area contributed by atoms with Crippen LogP contribution in [-0.2, 0) is 11.3 Å². The molecule has 3 aromatic rings. The van der Waals surface area contributed by atoms with E-state index in [1.807, 2.05) is 18.3 Å². The highest BCUT2D eigenvalue weighted by Gasteiger charge is 2.42. The molecule has 136 valence electrons. The molecule has 0 spiro atoms. The highest BCUT2D eigenvalue weighted by molar-refractivity contribution is 14.1. The van der Waals surface area contributed by atoms with Crippen LogP contribution in [0.2, 0.25) is 0 Å². The molecule has 1 aliphatic rings. The zero-order valence-electron chi connectivity index (χ0n) is 14.0. The van der Waals surface area contributed by atoms with E-state index in [0.29, 0.717) is 18.0 Å². The Morgan fingerprint density at radius 3 is 2.85 bits per heavy atom. The minimum atomic E-state index is -1.02. The molecule has 26 heavy (non-hydrogen) atoms. The number of nitrogens with zero attached hydrogens (tertiary/aromatic N) is 4. The van der Waals surface area contributed by atoms with E-state index < -0.39 is 24.5 Å². The zero-order chi connectivity index (χ0) is 18.3. The number of pyridine rings is 1. The maximum Gasteiger partial charge on any atom is 0.164 e. The standard InChI is InChI=1S/C17H18IN5O3/c1-9-13(24)14(25)17(26-9)23-7-11(18)12-15(21-8-22-16(12)23)20-6-10-3-2-4-19-5-10/h2-5,7-9,13-14,17,24-25H,6H2,1H3,(H,20,21,22)/t9-,13-,14-,17-/m1/s1. The van der Waals surface area contributed by atoms with Gasteiger partial charge in [-0.2, -0.15) is 0 Å². The first kappa shape index (κ1) is 17.6. The summed E-state index contributed by atoms with van der Waals surface area (Å²) in [5.74, 6) is 0.697. The summed E-state index contributed by atoms with van der Waals surface area (Å²) in [6.45, 7) is 2.32. The van der Waals surface area contributed by atoms with Crippen LogP contribution in [0.3, 0.4) is 0 Å². The molecular weight excluding hydrogens is 449 g/mol. The van der Waals surface area contributed by atoms with Crippen LogP contribution in [0.15, 0.2) is 37.1 Å². The van der Waals surface area contributed by atoms with Crippen molar-refractivity contribution < 1.29 is 14.9 Å². The maximum absolute atomic E-state index is 10.3. The number of hydrogen-bond donors (Lipinski definition) is 3. The van der Waals surface area contributed by atoms with Crippen molar-refractivity contribution in [2.45, 2.75) is 38.0 Å². The van der Waals surface area contributed by atoms with Gasteiger partial charge in [0.15, 0.2) is 6.23 Å². The summed E-state index contributed by atoms with van der Waals surface area (Å²) >= 11 is 2.21. The van der Waals surface area contributed by atoms with Crippen molar-refractivity contribution in [2.24, 2.45) is 0 Å². The van der Waals surface area contributed by atoms with Gasteiger partial charge in [0, 0.05) is 28.7 Å². The lowest BCUT2D eigenvalue weighted by molar-refractivity contribution is -0.0297. The number of halogens is 1. The summed E-state index contributed by atoms with van der Waals surface area (Å²) in [6.07, 6.45) is 3.78. The van der Waals surface area contributed by atoms with Crippen molar-refractivity contribution in [1.82, 2.24) is 19.5 Å². The lowest BCUT2D eigenvalue weighted by Crippen LogP contribution is -2.30. The molecule has 8 nitrogen and oxygen atoms in total. The summed E-state index contributed by atoms with van der Waals surface area (Å²) in [6, 6.07) is 3.87. The minimum absolute atomic E-state index is 0.449. The molecule has 4 atom stereocenters. The summed E-state index contributed by atoms with van der Waals surface area (Å²) in [5.41, 5.74) is 1.68. The Hall–Kier alpha value is -1.82. The van der Waals surface area contributed by atoms with E-state index in [2.05, 4.69) is 42.9 Å². The summed E-state index contributed by atoms with van der Waals surface area (Å²) in [4.78, 5) is 12.8.